The van der Waals surface area contributed by atoms with Crippen molar-refractivity contribution >= 4 is 0 Å². The summed E-state index contributed by atoms with van der Waals surface area (Å²) in [5, 5.41) is 3.44. The van der Waals surface area contributed by atoms with E-state index in [1.165, 1.54) is 19.3 Å². The Morgan fingerprint density at radius 1 is 1.40 bits per heavy atom. The molecule has 1 fully saturated rings. The summed E-state index contributed by atoms with van der Waals surface area (Å²) in [6.45, 7) is 6.45. The zero-order chi connectivity index (χ0) is 11.3. The molecule has 0 amide bonds. The van der Waals surface area contributed by atoms with E-state index in [0.717, 1.165) is 13.2 Å². The molecule has 15 heavy (non-hydrogen) atoms. The Morgan fingerprint density at radius 3 is 2.67 bits per heavy atom. The molecule has 0 aromatic rings. The Hall–Kier alpha value is -0.120. The molecule has 1 N–H and O–H groups in total. The molecule has 2 unspecified atom stereocenters. The zero-order valence-corrected chi connectivity index (χ0v) is 10.6. The van der Waals surface area contributed by atoms with Crippen molar-refractivity contribution in [3.8, 4) is 0 Å². The summed E-state index contributed by atoms with van der Waals surface area (Å²) in [5.41, 5.74) is 0. The van der Waals surface area contributed by atoms with Crippen LogP contribution in [0.3, 0.4) is 0 Å². The molecule has 0 aromatic carbocycles. The minimum Gasteiger partial charge on any atom is -0.383 e. The fraction of sp³-hybridized carbons (Fsp3) is 1.00. The van der Waals surface area contributed by atoms with Crippen molar-refractivity contribution in [2.75, 3.05) is 27.3 Å². The van der Waals surface area contributed by atoms with E-state index in [1.54, 1.807) is 7.11 Å². The molecule has 1 aliphatic carbocycles. The maximum atomic E-state index is 5.19. The lowest BCUT2D eigenvalue weighted by Gasteiger charge is -2.35. The van der Waals surface area contributed by atoms with Crippen LogP contribution < -0.4 is 5.32 Å². The summed E-state index contributed by atoms with van der Waals surface area (Å²) in [5.74, 6) is 0. The summed E-state index contributed by atoms with van der Waals surface area (Å²) in [6, 6.07) is 1.98. The number of hydrogen-bond acceptors (Lipinski definition) is 3. The number of nitrogens with one attached hydrogen (secondary N) is 1. The fourth-order valence-electron chi connectivity index (χ4n) is 2.68. The Morgan fingerprint density at radius 2 is 2.13 bits per heavy atom. The molecule has 0 aromatic heterocycles. The first kappa shape index (κ1) is 12.9. The highest BCUT2D eigenvalue weighted by atomic mass is 16.5. The lowest BCUT2D eigenvalue weighted by atomic mass is 10.1. The van der Waals surface area contributed by atoms with Crippen molar-refractivity contribution in [3.63, 3.8) is 0 Å². The monoisotopic (exact) mass is 214 g/mol. The normalized spacial score (nSPS) is 26.8. The number of nitrogens with zero attached hydrogens (tertiary/aromatic N) is 1. The van der Waals surface area contributed by atoms with Crippen molar-refractivity contribution in [2.45, 2.75) is 51.2 Å². The van der Waals surface area contributed by atoms with Gasteiger partial charge in [-0.15, -0.1) is 0 Å². The van der Waals surface area contributed by atoms with Crippen LogP contribution in [0.25, 0.3) is 0 Å². The van der Waals surface area contributed by atoms with Gasteiger partial charge in [0, 0.05) is 31.8 Å². The molecule has 2 atom stereocenters. The third-order valence-electron chi connectivity index (χ3n) is 3.49. The summed E-state index contributed by atoms with van der Waals surface area (Å²) in [6.07, 6.45) is 4.00. The molecule has 3 nitrogen and oxygen atoms in total. The maximum Gasteiger partial charge on any atom is 0.0589 e. The van der Waals surface area contributed by atoms with Crippen molar-refractivity contribution in [1.82, 2.24) is 10.2 Å². The lowest BCUT2D eigenvalue weighted by molar-refractivity contribution is 0.0874. The molecule has 0 aliphatic heterocycles. The second-order valence-electron chi connectivity index (χ2n) is 4.72. The van der Waals surface area contributed by atoms with Gasteiger partial charge in [-0.25, -0.2) is 0 Å². The largest absolute Gasteiger partial charge is 0.383 e. The Balaban J connectivity index is 2.53. The smallest absolute Gasteiger partial charge is 0.0589 e. The van der Waals surface area contributed by atoms with E-state index >= 15 is 0 Å². The Kier molecular flexibility index (Phi) is 5.58. The third-order valence-corrected chi connectivity index (χ3v) is 3.49. The van der Waals surface area contributed by atoms with E-state index < -0.39 is 0 Å². The van der Waals surface area contributed by atoms with Gasteiger partial charge >= 0.3 is 0 Å². The van der Waals surface area contributed by atoms with Gasteiger partial charge in [-0.2, -0.15) is 0 Å². The number of likely N-dealkylation sites (N-methyl/N-ethyl adjacent to an activating group) is 1. The van der Waals surface area contributed by atoms with Crippen LogP contribution in [0.5, 0.6) is 0 Å². The number of methoxy groups -OCH3 is 1. The van der Waals surface area contributed by atoms with Gasteiger partial charge < -0.3 is 10.1 Å². The third kappa shape index (κ3) is 3.44. The molecule has 3 heteroatoms. The van der Waals surface area contributed by atoms with Crippen LogP contribution >= 0.6 is 0 Å². The van der Waals surface area contributed by atoms with Crippen LogP contribution in [0.4, 0.5) is 0 Å². The highest BCUT2D eigenvalue weighted by Crippen LogP contribution is 2.25. The van der Waals surface area contributed by atoms with Gasteiger partial charge in [0.25, 0.3) is 0 Å². The molecule has 0 saturated heterocycles. The van der Waals surface area contributed by atoms with Gasteiger partial charge in [-0.3, -0.25) is 4.90 Å². The number of rotatable bonds is 6. The molecule has 0 spiro atoms. The topological polar surface area (TPSA) is 24.5 Å². The van der Waals surface area contributed by atoms with Crippen LogP contribution in [0.15, 0.2) is 0 Å². The van der Waals surface area contributed by atoms with E-state index in [-0.39, 0.29) is 0 Å². The van der Waals surface area contributed by atoms with E-state index in [2.05, 4.69) is 31.1 Å². The lowest BCUT2D eigenvalue weighted by Crippen LogP contribution is -2.49. The predicted molar refractivity (Wildman–Crippen MR) is 64.2 cm³/mol. The van der Waals surface area contributed by atoms with Crippen LogP contribution in [-0.4, -0.2) is 50.3 Å². The molecule has 0 heterocycles. The molecular weight excluding hydrogens is 188 g/mol. The fourth-order valence-corrected chi connectivity index (χ4v) is 2.68. The van der Waals surface area contributed by atoms with Crippen LogP contribution in [0.2, 0.25) is 0 Å². The van der Waals surface area contributed by atoms with E-state index in [1.807, 2.05) is 0 Å². The number of hydrogen-bond donors (Lipinski definition) is 1. The van der Waals surface area contributed by atoms with Gasteiger partial charge in [-0.05, 0) is 33.7 Å². The van der Waals surface area contributed by atoms with E-state index in [4.69, 9.17) is 4.74 Å². The Labute approximate surface area is 94.2 Å². The van der Waals surface area contributed by atoms with Crippen LogP contribution in [-0.2, 0) is 4.74 Å². The highest BCUT2D eigenvalue weighted by Gasteiger charge is 2.31. The second kappa shape index (κ2) is 6.46. The Bertz CT molecular complexity index is 173. The molecule has 1 rings (SSSR count). The van der Waals surface area contributed by atoms with E-state index in [9.17, 15) is 0 Å². The summed E-state index contributed by atoms with van der Waals surface area (Å²) in [4.78, 5) is 2.58. The molecule has 0 radical (unpaired) electrons. The average Bonchev–Trinajstić information content (AvgIpc) is 2.66. The summed E-state index contributed by atoms with van der Waals surface area (Å²) < 4.78 is 5.19. The SMILES string of the molecule is CNC1CCCC1N(CCOC)C(C)C. The van der Waals surface area contributed by atoms with Crippen molar-refractivity contribution < 1.29 is 4.74 Å². The molecule has 1 aliphatic rings. The highest BCUT2D eigenvalue weighted by molar-refractivity contribution is 4.90. The van der Waals surface area contributed by atoms with Gasteiger partial charge in [0.05, 0.1) is 6.61 Å². The molecule has 1 saturated carbocycles. The standard InChI is InChI=1S/C12H26N2O/c1-10(2)14(8-9-15-4)12-7-5-6-11(12)13-3/h10-13H,5-9H2,1-4H3. The first-order valence-corrected chi connectivity index (χ1v) is 6.12. The van der Waals surface area contributed by atoms with Gasteiger partial charge in [-0.1, -0.05) is 6.42 Å². The van der Waals surface area contributed by atoms with Crippen molar-refractivity contribution in [1.29, 1.82) is 0 Å². The van der Waals surface area contributed by atoms with Crippen LogP contribution in [0, 0.1) is 0 Å². The average molecular weight is 214 g/mol. The van der Waals surface area contributed by atoms with Crippen molar-refractivity contribution in [2.24, 2.45) is 0 Å². The minimum absolute atomic E-state index is 0.610. The predicted octanol–water partition coefficient (Wildman–Crippen LogP) is 1.48. The van der Waals surface area contributed by atoms with E-state index in [0.29, 0.717) is 18.1 Å². The van der Waals surface area contributed by atoms with Gasteiger partial charge in [0.1, 0.15) is 0 Å². The first-order valence-electron chi connectivity index (χ1n) is 6.12. The molecule has 90 valence electrons. The molecule has 0 bridgehead atoms. The first-order chi connectivity index (χ1) is 7.20. The minimum atomic E-state index is 0.610. The van der Waals surface area contributed by atoms with Gasteiger partial charge in [0.2, 0.25) is 0 Å². The molecular formula is C12H26N2O. The zero-order valence-electron chi connectivity index (χ0n) is 10.6. The van der Waals surface area contributed by atoms with Crippen LogP contribution in [0.1, 0.15) is 33.1 Å². The maximum absolute atomic E-state index is 5.19. The second-order valence-corrected chi connectivity index (χ2v) is 4.72. The quantitative estimate of drug-likeness (QED) is 0.725. The number of ether oxygens (including phenoxy) is 1. The summed E-state index contributed by atoms with van der Waals surface area (Å²) in [7, 11) is 3.86. The van der Waals surface area contributed by atoms with Crippen molar-refractivity contribution in [3.05, 3.63) is 0 Å². The van der Waals surface area contributed by atoms with Gasteiger partial charge in [0.15, 0.2) is 0 Å². The summed E-state index contributed by atoms with van der Waals surface area (Å²) >= 11 is 0.